The minimum absolute atomic E-state index is 0.243. The molecule has 0 amide bonds. The topological polar surface area (TPSA) is 42.2 Å². The molecule has 0 aliphatic heterocycles. The SMILES string of the molecule is CSC1(Cn2cc(Cl)cc2C(=O)O)CC1. The molecule has 1 aromatic heterocycles. The second-order valence-corrected chi connectivity index (χ2v) is 5.57. The molecule has 15 heavy (non-hydrogen) atoms. The van der Waals surface area contributed by atoms with Gasteiger partial charge in [0.25, 0.3) is 0 Å². The molecule has 1 N–H and O–H groups in total. The van der Waals surface area contributed by atoms with Gasteiger partial charge in [0.15, 0.2) is 0 Å². The molecular weight excluding hydrogens is 234 g/mol. The van der Waals surface area contributed by atoms with Crippen molar-refractivity contribution >= 4 is 29.3 Å². The number of hydrogen-bond acceptors (Lipinski definition) is 2. The average molecular weight is 246 g/mol. The number of carboxylic acid groups (broad SMARTS) is 1. The van der Waals surface area contributed by atoms with Crippen LogP contribution in [0.25, 0.3) is 0 Å². The van der Waals surface area contributed by atoms with Crippen LogP contribution in [0.2, 0.25) is 5.02 Å². The molecule has 1 aliphatic carbocycles. The lowest BCUT2D eigenvalue weighted by molar-refractivity contribution is 0.0685. The van der Waals surface area contributed by atoms with Crippen molar-refractivity contribution in [2.45, 2.75) is 24.1 Å². The molecule has 0 spiro atoms. The molecule has 0 atom stereocenters. The van der Waals surface area contributed by atoms with E-state index >= 15 is 0 Å². The van der Waals surface area contributed by atoms with Gasteiger partial charge in [-0.25, -0.2) is 4.79 Å². The number of nitrogens with zero attached hydrogens (tertiary/aromatic N) is 1. The van der Waals surface area contributed by atoms with Gasteiger partial charge in [-0.15, -0.1) is 0 Å². The van der Waals surface area contributed by atoms with E-state index in [4.69, 9.17) is 16.7 Å². The maximum absolute atomic E-state index is 10.9. The van der Waals surface area contributed by atoms with E-state index < -0.39 is 5.97 Å². The summed E-state index contributed by atoms with van der Waals surface area (Å²) in [6, 6.07) is 1.50. The minimum Gasteiger partial charge on any atom is -0.477 e. The highest BCUT2D eigenvalue weighted by Gasteiger charge is 2.42. The van der Waals surface area contributed by atoms with Crippen LogP contribution in [-0.4, -0.2) is 26.6 Å². The van der Waals surface area contributed by atoms with Crippen molar-refractivity contribution in [2.24, 2.45) is 0 Å². The van der Waals surface area contributed by atoms with Gasteiger partial charge in [0.05, 0.1) is 5.02 Å². The van der Waals surface area contributed by atoms with Gasteiger partial charge in [0, 0.05) is 17.5 Å². The van der Waals surface area contributed by atoms with Crippen LogP contribution >= 0.6 is 23.4 Å². The Hall–Kier alpha value is -0.610. The van der Waals surface area contributed by atoms with Crippen molar-refractivity contribution in [3.8, 4) is 0 Å². The van der Waals surface area contributed by atoms with Crippen LogP contribution in [0.15, 0.2) is 12.3 Å². The number of halogens is 1. The van der Waals surface area contributed by atoms with Crippen LogP contribution < -0.4 is 0 Å². The van der Waals surface area contributed by atoms with E-state index in [9.17, 15) is 4.79 Å². The number of aromatic nitrogens is 1. The fourth-order valence-electron chi connectivity index (χ4n) is 1.66. The first-order valence-electron chi connectivity index (χ1n) is 4.70. The summed E-state index contributed by atoms with van der Waals surface area (Å²) in [5.41, 5.74) is 0.278. The fourth-order valence-corrected chi connectivity index (χ4v) is 2.66. The van der Waals surface area contributed by atoms with Crippen LogP contribution in [-0.2, 0) is 6.54 Å². The largest absolute Gasteiger partial charge is 0.477 e. The second kappa shape index (κ2) is 3.76. The lowest BCUT2D eigenvalue weighted by Gasteiger charge is -2.14. The summed E-state index contributed by atoms with van der Waals surface area (Å²) in [6.07, 6.45) is 6.08. The molecule has 0 bridgehead atoms. The predicted molar refractivity (Wildman–Crippen MR) is 61.9 cm³/mol. The highest BCUT2D eigenvalue weighted by atomic mass is 35.5. The third-order valence-electron chi connectivity index (χ3n) is 2.78. The summed E-state index contributed by atoms with van der Waals surface area (Å²) in [5.74, 6) is -0.918. The van der Waals surface area contributed by atoms with E-state index in [1.165, 1.54) is 6.07 Å². The molecule has 1 saturated carbocycles. The van der Waals surface area contributed by atoms with E-state index in [-0.39, 0.29) is 10.4 Å². The number of aromatic carboxylic acids is 1. The van der Waals surface area contributed by atoms with E-state index in [0.29, 0.717) is 5.02 Å². The fraction of sp³-hybridized carbons (Fsp3) is 0.500. The molecular formula is C10H12ClNO2S. The van der Waals surface area contributed by atoms with Gasteiger partial charge < -0.3 is 9.67 Å². The smallest absolute Gasteiger partial charge is 0.352 e. The summed E-state index contributed by atoms with van der Waals surface area (Å²) >= 11 is 7.62. The molecule has 1 aromatic rings. The molecule has 0 unspecified atom stereocenters. The molecule has 82 valence electrons. The quantitative estimate of drug-likeness (QED) is 0.887. The summed E-state index contributed by atoms with van der Waals surface area (Å²) < 4.78 is 1.99. The van der Waals surface area contributed by atoms with Gasteiger partial charge >= 0.3 is 5.97 Å². The standard InChI is InChI=1S/C10H12ClNO2S/c1-15-10(2-3-10)6-12-5-7(11)4-8(12)9(13)14/h4-5H,2-3,6H2,1H3,(H,13,14). The molecule has 0 radical (unpaired) electrons. The Morgan fingerprint density at radius 3 is 2.87 bits per heavy atom. The zero-order valence-electron chi connectivity index (χ0n) is 8.36. The number of thioether (sulfide) groups is 1. The van der Waals surface area contributed by atoms with E-state index in [1.807, 2.05) is 0 Å². The van der Waals surface area contributed by atoms with Crippen molar-refractivity contribution in [1.29, 1.82) is 0 Å². The molecule has 0 aromatic carbocycles. The lowest BCUT2D eigenvalue weighted by Crippen LogP contribution is -2.17. The monoisotopic (exact) mass is 245 g/mol. The maximum atomic E-state index is 10.9. The summed E-state index contributed by atoms with van der Waals surface area (Å²) in [4.78, 5) is 10.9. The summed E-state index contributed by atoms with van der Waals surface area (Å²) in [7, 11) is 0. The number of rotatable bonds is 4. The van der Waals surface area contributed by atoms with Crippen molar-refractivity contribution in [3.63, 3.8) is 0 Å². The van der Waals surface area contributed by atoms with Crippen LogP contribution in [0.5, 0.6) is 0 Å². The first-order chi connectivity index (χ1) is 7.06. The zero-order chi connectivity index (χ0) is 11.1. The molecule has 2 rings (SSSR count). The van der Waals surface area contributed by atoms with Gasteiger partial charge in [-0.2, -0.15) is 11.8 Å². The average Bonchev–Trinajstić information content (AvgIpc) is 2.84. The molecule has 3 nitrogen and oxygen atoms in total. The van der Waals surface area contributed by atoms with Crippen molar-refractivity contribution in [3.05, 3.63) is 23.0 Å². The highest BCUT2D eigenvalue weighted by molar-refractivity contribution is 8.00. The van der Waals surface area contributed by atoms with Gasteiger partial charge in [-0.05, 0) is 25.2 Å². The third-order valence-corrected chi connectivity index (χ3v) is 4.39. The Kier molecular flexibility index (Phi) is 2.73. The van der Waals surface area contributed by atoms with E-state index in [2.05, 4.69) is 6.26 Å². The first kappa shape index (κ1) is 10.9. The zero-order valence-corrected chi connectivity index (χ0v) is 9.94. The third kappa shape index (κ3) is 2.16. The van der Waals surface area contributed by atoms with Crippen molar-refractivity contribution < 1.29 is 9.90 Å². The Balaban J connectivity index is 2.24. The van der Waals surface area contributed by atoms with Crippen LogP contribution in [0, 0.1) is 0 Å². The molecule has 0 saturated heterocycles. The van der Waals surface area contributed by atoms with Crippen LogP contribution in [0.4, 0.5) is 0 Å². The molecule has 1 fully saturated rings. The predicted octanol–water partition coefficient (Wildman–Crippen LogP) is 2.74. The minimum atomic E-state index is -0.918. The van der Waals surface area contributed by atoms with Crippen molar-refractivity contribution in [1.82, 2.24) is 4.57 Å². The second-order valence-electron chi connectivity index (χ2n) is 3.86. The number of carbonyl (C=O) groups is 1. The Labute approximate surface area is 97.4 Å². The normalized spacial score (nSPS) is 17.7. The lowest BCUT2D eigenvalue weighted by atomic mass is 10.3. The van der Waals surface area contributed by atoms with Crippen molar-refractivity contribution in [2.75, 3.05) is 6.26 Å². The Bertz CT molecular complexity index is 398. The highest BCUT2D eigenvalue weighted by Crippen LogP contribution is 2.48. The van der Waals surface area contributed by atoms with E-state index in [0.717, 1.165) is 19.4 Å². The van der Waals surface area contributed by atoms with Crippen LogP contribution in [0.3, 0.4) is 0 Å². The molecule has 5 heteroatoms. The Morgan fingerprint density at radius 1 is 1.73 bits per heavy atom. The molecule has 1 heterocycles. The Morgan fingerprint density at radius 2 is 2.40 bits per heavy atom. The van der Waals surface area contributed by atoms with Gasteiger partial charge in [0.2, 0.25) is 0 Å². The van der Waals surface area contributed by atoms with Gasteiger partial charge in [0.1, 0.15) is 5.69 Å². The summed E-state index contributed by atoms with van der Waals surface area (Å²) in [5, 5.41) is 9.47. The number of carboxylic acids is 1. The molecule has 1 aliphatic rings. The van der Waals surface area contributed by atoms with Gasteiger partial charge in [-0.1, -0.05) is 11.6 Å². The maximum Gasteiger partial charge on any atom is 0.352 e. The summed E-state index contributed by atoms with van der Waals surface area (Å²) in [6.45, 7) is 0.739. The van der Waals surface area contributed by atoms with Crippen LogP contribution in [0.1, 0.15) is 23.3 Å². The first-order valence-corrected chi connectivity index (χ1v) is 6.31. The number of hydrogen-bond donors (Lipinski definition) is 1. The van der Waals surface area contributed by atoms with Gasteiger partial charge in [-0.3, -0.25) is 0 Å². The van der Waals surface area contributed by atoms with E-state index in [1.54, 1.807) is 22.5 Å².